The summed E-state index contributed by atoms with van der Waals surface area (Å²) in [6.45, 7) is 4.35. The minimum absolute atomic E-state index is 0.00510. The first-order chi connectivity index (χ1) is 17.7. The largest absolute Gasteiger partial charge is 0.491 e. The zero-order valence-corrected chi connectivity index (χ0v) is 21.0. The molecule has 6 nitrogen and oxygen atoms in total. The fourth-order valence-corrected chi connectivity index (χ4v) is 4.72. The van der Waals surface area contributed by atoms with Gasteiger partial charge in [-0.2, -0.15) is 0 Å². The van der Waals surface area contributed by atoms with Crippen molar-refractivity contribution in [2.24, 2.45) is 0 Å². The molecule has 2 heterocycles. The molecule has 0 saturated carbocycles. The Morgan fingerprint density at radius 3 is 2.36 bits per heavy atom. The molecule has 188 valence electrons. The van der Waals surface area contributed by atoms with E-state index in [0.717, 1.165) is 37.8 Å². The van der Waals surface area contributed by atoms with Gasteiger partial charge in [-0.05, 0) is 56.0 Å². The van der Waals surface area contributed by atoms with Crippen LogP contribution in [0.2, 0.25) is 0 Å². The Hall–Kier alpha value is -3.67. The van der Waals surface area contributed by atoms with E-state index >= 15 is 0 Å². The van der Waals surface area contributed by atoms with Crippen molar-refractivity contribution >= 4 is 11.8 Å². The highest BCUT2D eigenvalue weighted by Gasteiger charge is 2.27. The lowest BCUT2D eigenvalue weighted by atomic mass is 10.0. The van der Waals surface area contributed by atoms with E-state index in [9.17, 15) is 9.59 Å². The average Bonchev–Trinajstić information content (AvgIpc) is 2.93. The predicted octanol–water partition coefficient (Wildman–Crippen LogP) is 5.25. The lowest BCUT2D eigenvalue weighted by molar-refractivity contribution is 0.0597. The number of carbonyl (C=O) groups excluding carboxylic acids is 2. The van der Waals surface area contributed by atoms with E-state index in [0.29, 0.717) is 43.0 Å². The van der Waals surface area contributed by atoms with Crippen LogP contribution < -0.4 is 4.74 Å². The number of rotatable bonds is 4. The normalized spacial score (nSPS) is 17.6. The predicted molar refractivity (Wildman–Crippen MR) is 141 cm³/mol. The van der Waals surface area contributed by atoms with Crippen molar-refractivity contribution in [3.05, 3.63) is 95.8 Å². The van der Waals surface area contributed by atoms with Gasteiger partial charge in [-0.25, -0.2) is 0 Å². The number of ether oxygens (including phenoxy) is 1. The van der Waals surface area contributed by atoms with Gasteiger partial charge in [0.2, 0.25) is 0 Å². The van der Waals surface area contributed by atoms with Crippen molar-refractivity contribution in [3.63, 3.8) is 0 Å². The molecule has 0 unspecified atom stereocenters. The zero-order chi connectivity index (χ0) is 25.2. The molecule has 1 aromatic heterocycles. The molecule has 0 aliphatic carbocycles. The number of fused-ring (bicyclic) bond motifs is 1. The molecule has 2 aromatic carbocycles. The topological polar surface area (TPSA) is 62.7 Å². The SMILES string of the molecule is CCN1CCCCCCN(C(=O)c2ccncc2)[C@@H](Cc2ccccc2)COc2ccccc2C1=O. The summed E-state index contributed by atoms with van der Waals surface area (Å²) in [5.74, 6) is 0.539. The van der Waals surface area contributed by atoms with Crippen LogP contribution in [0.15, 0.2) is 79.1 Å². The molecule has 3 aromatic rings. The maximum atomic E-state index is 13.7. The number of benzene rings is 2. The van der Waals surface area contributed by atoms with Gasteiger partial charge in [0.05, 0.1) is 11.6 Å². The summed E-state index contributed by atoms with van der Waals surface area (Å²) in [6.07, 6.45) is 7.83. The number of amides is 2. The molecule has 2 amide bonds. The van der Waals surface area contributed by atoms with Crippen LogP contribution in [0.3, 0.4) is 0 Å². The van der Waals surface area contributed by atoms with Crippen molar-refractivity contribution in [2.75, 3.05) is 26.2 Å². The molecule has 1 aliphatic heterocycles. The van der Waals surface area contributed by atoms with Crippen molar-refractivity contribution in [1.29, 1.82) is 0 Å². The van der Waals surface area contributed by atoms with E-state index < -0.39 is 0 Å². The van der Waals surface area contributed by atoms with Crippen molar-refractivity contribution in [3.8, 4) is 5.75 Å². The Morgan fingerprint density at radius 2 is 1.61 bits per heavy atom. The van der Waals surface area contributed by atoms with E-state index in [1.54, 1.807) is 24.5 Å². The Morgan fingerprint density at radius 1 is 0.917 bits per heavy atom. The maximum Gasteiger partial charge on any atom is 0.257 e. The van der Waals surface area contributed by atoms with E-state index in [2.05, 4.69) is 17.1 Å². The summed E-state index contributed by atoms with van der Waals surface area (Å²) in [4.78, 5) is 35.0. The third kappa shape index (κ3) is 6.51. The number of hydrogen-bond acceptors (Lipinski definition) is 4. The van der Waals surface area contributed by atoms with E-state index in [1.165, 1.54) is 0 Å². The fraction of sp³-hybridized carbons (Fsp3) is 0.367. The molecule has 0 bridgehead atoms. The highest BCUT2D eigenvalue weighted by atomic mass is 16.5. The van der Waals surface area contributed by atoms with Gasteiger partial charge < -0.3 is 14.5 Å². The second-order valence-electron chi connectivity index (χ2n) is 9.18. The first-order valence-corrected chi connectivity index (χ1v) is 12.9. The average molecular weight is 486 g/mol. The minimum atomic E-state index is -0.193. The number of para-hydroxylation sites is 1. The zero-order valence-electron chi connectivity index (χ0n) is 21.0. The number of aromatic nitrogens is 1. The highest BCUT2D eigenvalue weighted by Crippen LogP contribution is 2.23. The second kappa shape index (κ2) is 12.9. The fourth-order valence-electron chi connectivity index (χ4n) is 4.72. The smallest absolute Gasteiger partial charge is 0.257 e. The van der Waals surface area contributed by atoms with E-state index in [1.807, 2.05) is 59.2 Å². The summed E-state index contributed by atoms with van der Waals surface area (Å²) in [5, 5.41) is 0. The van der Waals surface area contributed by atoms with Gasteiger partial charge in [0, 0.05) is 37.6 Å². The van der Waals surface area contributed by atoms with Gasteiger partial charge in [0.25, 0.3) is 11.8 Å². The van der Waals surface area contributed by atoms with Gasteiger partial charge in [-0.1, -0.05) is 55.3 Å². The molecular weight excluding hydrogens is 450 g/mol. The van der Waals surface area contributed by atoms with Crippen LogP contribution >= 0.6 is 0 Å². The first kappa shape index (κ1) is 25.4. The Kier molecular flexibility index (Phi) is 9.09. The lowest BCUT2D eigenvalue weighted by Crippen LogP contribution is -2.45. The monoisotopic (exact) mass is 485 g/mol. The molecule has 0 radical (unpaired) electrons. The molecular formula is C30H35N3O3. The highest BCUT2D eigenvalue weighted by molar-refractivity contribution is 5.97. The molecule has 1 atom stereocenters. The molecule has 1 aliphatic rings. The second-order valence-corrected chi connectivity index (χ2v) is 9.18. The van der Waals surface area contributed by atoms with Gasteiger partial charge in [-0.3, -0.25) is 14.6 Å². The molecule has 0 saturated heterocycles. The molecule has 0 spiro atoms. The minimum Gasteiger partial charge on any atom is -0.491 e. The van der Waals surface area contributed by atoms with Crippen LogP contribution in [0, 0.1) is 0 Å². The van der Waals surface area contributed by atoms with Crippen LogP contribution in [0.4, 0.5) is 0 Å². The van der Waals surface area contributed by atoms with Gasteiger partial charge in [-0.15, -0.1) is 0 Å². The van der Waals surface area contributed by atoms with Crippen molar-refractivity contribution < 1.29 is 14.3 Å². The van der Waals surface area contributed by atoms with Crippen LogP contribution in [0.25, 0.3) is 0 Å². The third-order valence-corrected chi connectivity index (χ3v) is 6.74. The lowest BCUT2D eigenvalue weighted by Gasteiger charge is -2.33. The summed E-state index contributed by atoms with van der Waals surface area (Å²) in [5.41, 5.74) is 2.33. The Labute approximate surface area is 213 Å². The van der Waals surface area contributed by atoms with E-state index in [4.69, 9.17) is 4.74 Å². The van der Waals surface area contributed by atoms with Crippen molar-refractivity contribution in [1.82, 2.24) is 14.8 Å². The summed E-state index contributed by atoms with van der Waals surface area (Å²) in [7, 11) is 0. The Balaban J connectivity index is 1.68. The standard InChI is InChI=1S/C30H35N3O3/c1-2-32-20-10-3-4-11-21-33(29(34)25-16-18-31-19-17-25)26(22-24-12-6-5-7-13-24)23-36-28-15-9-8-14-27(28)30(32)35/h5-9,12-19,26H,2-4,10-11,20-23H2,1H3/t26-/m0/s1. The van der Waals surface area contributed by atoms with Crippen LogP contribution in [0.5, 0.6) is 5.75 Å². The number of pyridine rings is 1. The summed E-state index contributed by atoms with van der Waals surface area (Å²) < 4.78 is 6.34. The van der Waals surface area contributed by atoms with Gasteiger partial charge >= 0.3 is 0 Å². The maximum absolute atomic E-state index is 13.7. The Bertz CT molecular complexity index is 1120. The summed E-state index contributed by atoms with van der Waals surface area (Å²) >= 11 is 0. The molecule has 4 rings (SSSR count). The number of carbonyl (C=O) groups is 2. The number of hydrogen-bond donors (Lipinski definition) is 0. The van der Waals surface area contributed by atoms with Crippen molar-refractivity contribution in [2.45, 2.75) is 45.1 Å². The molecule has 0 N–H and O–H groups in total. The van der Waals surface area contributed by atoms with Crippen LogP contribution in [-0.4, -0.2) is 58.9 Å². The third-order valence-electron chi connectivity index (χ3n) is 6.74. The molecule has 0 fully saturated rings. The van der Waals surface area contributed by atoms with Crippen LogP contribution in [0.1, 0.15) is 58.9 Å². The van der Waals surface area contributed by atoms with Gasteiger partial charge in [0.1, 0.15) is 12.4 Å². The first-order valence-electron chi connectivity index (χ1n) is 12.9. The van der Waals surface area contributed by atoms with E-state index in [-0.39, 0.29) is 17.9 Å². The quantitative estimate of drug-likeness (QED) is 0.506. The molecule has 6 heteroatoms. The van der Waals surface area contributed by atoms with Gasteiger partial charge in [0.15, 0.2) is 0 Å². The van der Waals surface area contributed by atoms with Crippen LogP contribution in [-0.2, 0) is 6.42 Å². The molecule has 36 heavy (non-hydrogen) atoms. The number of nitrogens with zero attached hydrogens (tertiary/aromatic N) is 3. The summed E-state index contributed by atoms with van der Waals surface area (Å²) in [6, 6.07) is 21.0.